The quantitative estimate of drug-likeness (QED) is 0.797. The Balaban J connectivity index is 1.79. The minimum absolute atomic E-state index is 0.0805. The van der Waals surface area contributed by atoms with E-state index in [4.69, 9.17) is 21.1 Å². The number of benzene rings is 2. The van der Waals surface area contributed by atoms with Gasteiger partial charge in [0.25, 0.3) is 5.91 Å². The van der Waals surface area contributed by atoms with Crippen LogP contribution < -0.4 is 14.4 Å². The Morgan fingerprint density at radius 3 is 2.46 bits per heavy atom. The molecule has 138 valence electrons. The lowest BCUT2D eigenvalue weighted by Crippen LogP contribution is -2.30. The van der Waals surface area contributed by atoms with Gasteiger partial charge in [-0.15, -0.1) is 0 Å². The molecule has 5 nitrogen and oxygen atoms in total. The fourth-order valence-electron chi connectivity index (χ4n) is 2.86. The second-order valence-corrected chi connectivity index (χ2v) is 6.77. The van der Waals surface area contributed by atoms with Crippen molar-refractivity contribution < 1.29 is 14.3 Å². The molecule has 1 amide bonds. The highest BCUT2D eigenvalue weighted by Crippen LogP contribution is 2.38. The van der Waals surface area contributed by atoms with Crippen molar-refractivity contribution in [2.24, 2.45) is 0 Å². The molecule has 0 atom stereocenters. The normalized spacial score (nSPS) is 12.6. The third-order valence-corrected chi connectivity index (χ3v) is 4.62. The van der Waals surface area contributed by atoms with Crippen LogP contribution in [0.15, 0.2) is 36.4 Å². The summed E-state index contributed by atoms with van der Waals surface area (Å²) in [5.74, 6) is 0.957. The van der Waals surface area contributed by atoms with Gasteiger partial charge in [-0.2, -0.15) is 0 Å². The zero-order valence-electron chi connectivity index (χ0n) is 15.3. The molecular weight excluding hydrogens is 352 g/mol. The molecule has 0 fully saturated rings. The van der Waals surface area contributed by atoms with Gasteiger partial charge in [0.15, 0.2) is 11.5 Å². The molecule has 0 unspecified atom stereocenters. The predicted molar refractivity (Wildman–Crippen MR) is 104 cm³/mol. The molecule has 3 rings (SSSR count). The number of ether oxygens (including phenoxy) is 2. The average Bonchev–Trinajstić information content (AvgIpc) is 2.66. The van der Waals surface area contributed by atoms with Crippen LogP contribution in [-0.2, 0) is 6.54 Å². The minimum atomic E-state index is -0.0805. The van der Waals surface area contributed by atoms with Crippen molar-refractivity contribution in [1.29, 1.82) is 0 Å². The highest BCUT2D eigenvalue weighted by atomic mass is 35.5. The van der Waals surface area contributed by atoms with E-state index in [1.165, 1.54) is 0 Å². The van der Waals surface area contributed by atoms with E-state index in [1.54, 1.807) is 17.0 Å². The average molecular weight is 375 g/mol. The second kappa shape index (κ2) is 7.87. The number of hydrogen-bond acceptors (Lipinski definition) is 4. The maximum Gasteiger partial charge on any atom is 0.254 e. The molecule has 0 aromatic heterocycles. The number of carbonyl (C=O) groups is 1. The number of fused-ring (bicyclic) bond motifs is 1. The van der Waals surface area contributed by atoms with E-state index in [-0.39, 0.29) is 5.91 Å². The molecule has 26 heavy (non-hydrogen) atoms. The number of carbonyl (C=O) groups excluding carboxylic acids is 1. The van der Waals surface area contributed by atoms with Crippen LogP contribution in [0.25, 0.3) is 0 Å². The molecule has 1 heterocycles. The van der Waals surface area contributed by atoms with Gasteiger partial charge in [0.1, 0.15) is 13.2 Å². The van der Waals surface area contributed by atoms with E-state index in [2.05, 4.69) is 12.1 Å². The predicted octanol–water partition coefficient (Wildman–Crippen LogP) is 3.84. The van der Waals surface area contributed by atoms with Crippen LogP contribution in [0.2, 0.25) is 5.02 Å². The molecule has 0 spiro atoms. The minimum Gasteiger partial charge on any atom is -0.486 e. The third-order valence-electron chi connectivity index (χ3n) is 4.34. The summed E-state index contributed by atoms with van der Waals surface area (Å²) in [5, 5.41) is 0.400. The zero-order valence-corrected chi connectivity index (χ0v) is 16.0. The topological polar surface area (TPSA) is 42.0 Å². The van der Waals surface area contributed by atoms with Gasteiger partial charge in [0.05, 0.1) is 5.02 Å². The van der Waals surface area contributed by atoms with Crippen molar-refractivity contribution in [3.8, 4) is 11.5 Å². The molecule has 1 aliphatic heterocycles. The Morgan fingerprint density at radius 2 is 1.81 bits per heavy atom. The number of halogens is 1. The molecule has 0 radical (unpaired) electrons. The van der Waals surface area contributed by atoms with Crippen LogP contribution in [0.5, 0.6) is 11.5 Å². The van der Waals surface area contributed by atoms with Crippen molar-refractivity contribution in [2.75, 3.05) is 38.8 Å². The van der Waals surface area contributed by atoms with E-state index < -0.39 is 0 Å². The molecular formula is C20H23ClN2O3. The van der Waals surface area contributed by atoms with E-state index in [0.29, 0.717) is 48.4 Å². The van der Waals surface area contributed by atoms with Gasteiger partial charge < -0.3 is 19.3 Å². The lowest BCUT2D eigenvalue weighted by molar-refractivity contribution is 0.0751. The van der Waals surface area contributed by atoms with Crippen LogP contribution >= 0.6 is 11.6 Å². The van der Waals surface area contributed by atoms with Crippen molar-refractivity contribution in [2.45, 2.75) is 13.5 Å². The Morgan fingerprint density at radius 1 is 1.12 bits per heavy atom. The smallest absolute Gasteiger partial charge is 0.254 e. The molecule has 0 saturated heterocycles. The number of nitrogens with zero attached hydrogens (tertiary/aromatic N) is 2. The van der Waals surface area contributed by atoms with Gasteiger partial charge in [-0.1, -0.05) is 23.7 Å². The molecule has 0 bridgehead atoms. The summed E-state index contributed by atoms with van der Waals surface area (Å²) in [6.07, 6.45) is 0. The molecule has 0 N–H and O–H groups in total. The summed E-state index contributed by atoms with van der Waals surface area (Å²) in [4.78, 5) is 16.8. The summed E-state index contributed by atoms with van der Waals surface area (Å²) < 4.78 is 11.1. The van der Waals surface area contributed by atoms with Crippen molar-refractivity contribution in [1.82, 2.24) is 4.90 Å². The van der Waals surface area contributed by atoms with Gasteiger partial charge >= 0.3 is 0 Å². The van der Waals surface area contributed by atoms with Crippen molar-refractivity contribution >= 4 is 23.2 Å². The summed E-state index contributed by atoms with van der Waals surface area (Å²) >= 11 is 6.27. The van der Waals surface area contributed by atoms with Crippen LogP contribution in [0.3, 0.4) is 0 Å². The highest BCUT2D eigenvalue weighted by molar-refractivity contribution is 6.32. The largest absolute Gasteiger partial charge is 0.486 e. The van der Waals surface area contributed by atoms with Crippen molar-refractivity contribution in [3.05, 3.63) is 52.5 Å². The van der Waals surface area contributed by atoms with Gasteiger partial charge in [0.2, 0.25) is 0 Å². The molecule has 2 aromatic rings. The number of rotatable bonds is 5. The monoisotopic (exact) mass is 374 g/mol. The highest BCUT2D eigenvalue weighted by Gasteiger charge is 2.22. The molecule has 1 aliphatic rings. The Kier molecular flexibility index (Phi) is 5.57. The zero-order chi connectivity index (χ0) is 18.7. The van der Waals surface area contributed by atoms with E-state index in [9.17, 15) is 4.79 Å². The summed E-state index contributed by atoms with van der Waals surface area (Å²) in [6, 6.07) is 11.5. The second-order valence-electron chi connectivity index (χ2n) is 6.36. The van der Waals surface area contributed by atoms with Crippen molar-refractivity contribution in [3.63, 3.8) is 0 Å². The lowest BCUT2D eigenvalue weighted by atomic mass is 10.1. The maximum atomic E-state index is 13.0. The molecule has 6 heteroatoms. The van der Waals surface area contributed by atoms with Crippen LogP contribution in [0.4, 0.5) is 5.69 Å². The first-order chi connectivity index (χ1) is 12.5. The number of anilines is 1. The van der Waals surface area contributed by atoms with Gasteiger partial charge in [-0.25, -0.2) is 0 Å². The lowest BCUT2D eigenvalue weighted by Gasteiger charge is -2.24. The first kappa shape index (κ1) is 18.4. The first-order valence-corrected chi connectivity index (χ1v) is 9.02. The van der Waals surface area contributed by atoms with Gasteiger partial charge in [-0.3, -0.25) is 4.79 Å². The van der Waals surface area contributed by atoms with E-state index in [0.717, 1.165) is 11.3 Å². The standard InChI is InChI=1S/C20H23ClN2O3/c1-4-23(13-14-5-7-16(8-6-14)22(2)3)20(24)15-11-17(21)19-18(12-15)25-9-10-26-19/h5-8,11-12H,4,9-10,13H2,1-3H3. The molecule has 2 aromatic carbocycles. The maximum absolute atomic E-state index is 13.0. The summed E-state index contributed by atoms with van der Waals surface area (Å²) in [7, 11) is 4.00. The fraction of sp³-hybridized carbons (Fsp3) is 0.350. The Bertz CT molecular complexity index is 790. The molecule has 0 aliphatic carbocycles. The third kappa shape index (κ3) is 3.88. The Labute approximate surface area is 159 Å². The number of hydrogen-bond donors (Lipinski definition) is 0. The summed E-state index contributed by atoms with van der Waals surface area (Å²) in [5.41, 5.74) is 2.71. The van der Waals surface area contributed by atoms with Gasteiger partial charge in [0, 0.05) is 38.4 Å². The fourth-order valence-corrected chi connectivity index (χ4v) is 3.13. The number of amides is 1. The van der Waals surface area contributed by atoms with Crippen LogP contribution in [0, 0.1) is 0 Å². The van der Waals surface area contributed by atoms with Gasteiger partial charge in [-0.05, 0) is 36.8 Å². The summed E-state index contributed by atoms with van der Waals surface area (Å²) in [6.45, 7) is 4.02. The van der Waals surface area contributed by atoms with E-state index in [1.807, 2.05) is 38.1 Å². The van der Waals surface area contributed by atoms with E-state index >= 15 is 0 Å². The van der Waals surface area contributed by atoms with Crippen LogP contribution in [-0.4, -0.2) is 44.7 Å². The van der Waals surface area contributed by atoms with Crippen LogP contribution in [0.1, 0.15) is 22.8 Å². The first-order valence-electron chi connectivity index (χ1n) is 8.64. The Hall–Kier alpha value is -2.40. The molecule has 0 saturated carbocycles. The SMILES string of the molecule is CCN(Cc1ccc(N(C)C)cc1)C(=O)c1cc(Cl)c2c(c1)OCCO2.